The summed E-state index contributed by atoms with van der Waals surface area (Å²) in [6, 6.07) is 16.9. The first kappa shape index (κ1) is 12.5. The van der Waals surface area contributed by atoms with Crippen molar-refractivity contribution in [1.82, 2.24) is 0 Å². The van der Waals surface area contributed by atoms with Gasteiger partial charge in [-0.3, -0.25) is 4.99 Å². The highest BCUT2D eigenvalue weighted by Crippen LogP contribution is 2.45. The third kappa shape index (κ3) is 2.29. The van der Waals surface area contributed by atoms with Crippen molar-refractivity contribution in [3.05, 3.63) is 59.7 Å². The van der Waals surface area contributed by atoms with Crippen molar-refractivity contribution >= 4 is 17.2 Å². The molecule has 1 spiro atoms. The number of aryl methyl sites for hydroxylation is 1. The second kappa shape index (κ2) is 4.62. The van der Waals surface area contributed by atoms with Gasteiger partial charge in [-0.25, -0.2) is 0 Å². The minimum Gasteiger partial charge on any atom is -0.371 e. The summed E-state index contributed by atoms with van der Waals surface area (Å²) < 4.78 is 0. The highest BCUT2D eigenvalue weighted by Gasteiger charge is 2.50. The van der Waals surface area contributed by atoms with Crippen LogP contribution in [-0.2, 0) is 6.54 Å². The normalized spacial score (nSPS) is 19.8. The molecule has 4 rings (SSSR count). The number of nitrogens with zero attached hydrogens (tertiary/aromatic N) is 1. The summed E-state index contributed by atoms with van der Waals surface area (Å²) in [7, 11) is 0. The zero-order chi connectivity index (χ0) is 14.3. The van der Waals surface area contributed by atoms with Crippen molar-refractivity contribution in [3.8, 4) is 0 Å². The molecule has 0 atom stereocenters. The Hall–Kier alpha value is -2.29. The number of hydrogen-bond acceptors (Lipinski definition) is 2. The molecule has 0 amide bonds. The summed E-state index contributed by atoms with van der Waals surface area (Å²) in [5.41, 5.74) is 4.91. The summed E-state index contributed by atoms with van der Waals surface area (Å²) in [4.78, 5) is 4.85. The molecule has 106 valence electrons. The first-order chi connectivity index (χ1) is 10.3. The quantitative estimate of drug-likeness (QED) is 0.871. The number of aliphatic imine (C=N–C) groups is 1. The Morgan fingerprint density at radius 3 is 2.62 bits per heavy atom. The molecular weight excluding hydrogens is 258 g/mol. The van der Waals surface area contributed by atoms with Crippen LogP contribution in [0, 0.1) is 6.92 Å². The minimum absolute atomic E-state index is 0.0537. The van der Waals surface area contributed by atoms with Crippen molar-refractivity contribution in [2.45, 2.75) is 31.8 Å². The van der Waals surface area contributed by atoms with Crippen molar-refractivity contribution in [2.24, 2.45) is 4.99 Å². The molecule has 3 nitrogen and oxygen atoms in total. The van der Waals surface area contributed by atoms with Gasteiger partial charge in [-0.2, -0.15) is 0 Å². The van der Waals surface area contributed by atoms with Crippen LogP contribution in [0.2, 0.25) is 0 Å². The zero-order valence-electron chi connectivity index (χ0n) is 12.2. The van der Waals surface area contributed by atoms with Crippen molar-refractivity contribution in [3.63, 3.8) is 0 Å². The Labute approximate surface area is 125 Å². The maximum absolute atomic E-state index is 4.85. The average molecular weight is 277 g/mol. The van der Waals surface area contributed by atoms with Crippen LogP contribution in [0.3, 0.4) is 0 Å². The van der Waals surface area contributed by atoms with Gasteiger partial charge in [0.05, 0.1) is 23.5 Å². The van der Waals surface area contributed by atoms with Gasteiger partial charge in [-0.1, -0.05) is 42.0 Å². The molecule has 1 saturated carbocycles. The van der Waals surface area contributed by atoms with Crippen LogP contribution in [0.1, 0.15) is 24.0 Å². The Kier molecular flexibility index (Phi) is 2.74. The number of amidine groups is 1. The molecule has 0 bridgehead atoms. The molecule has 0 aromatic heterocycles. The molecule has 1 aliphatic heterocycles. The molecule has 2 aromatic carbocycles. The van der Waals surface area contributed by atoms with E-state index >= 15 is 0 Å². The average Bonchev–Trinajstić information content (AvgIpc) is 3.25. The second-order valence-electron chi connectivity index (χ2n) is 6.03. The van der Waals surface area contributed by atoms with E-state index in [-0.39, 0.29) is 5.54 Å². The maximum Gasteiger partial charge on any atom is 0.127 e. The Morgan fingerprint density at radius 2 is 1.86 bits per heavy atom. The van der Waals surface area contributed by atoms with Gasteiger partial charge in [-0.15, -0.1) is 0 Å². The standard InChI is InChI=1S/C18H19N3/c1-13-5-4-6-14(11-13)12-19-17-18(9-10-18)21-16-8-3-2-7-15(16)20-17/h2-8,11,21H,9-10,12H2,1H3,(H,19,20). The van der Waals surface area contributed by atoms with E-state index in [0.717, 1.165) is 30.9 Å². The van der Waals surface area contributed by atoms with Gasteiger partial charge in [-0.05, 0) is 37.5 Å². The fourth-order valence-electron chi connectivity index (χ4n) is 2.92. The van der Waals surface area contributed by atoms with E-state index in [1.807, 2.05) is 0 Å². The van der Waals surface area contributed by atoms with E-state index in [1.165, 1.54) is 16.8 Å². The molecule has 2 aliphatic rings. The van der Waals surface area contributed by atoms with E-state index in [1.54, 1.807) is 0 Å². The lowest BCUT2D eigenvalue weighted by Crippen LogP contribution is -2.41. The number of para-hydroxylation sites is 2. The predicted octanol–water partition coefficient (Wildman–Crippen LogP) is 3.96. The molecule has 3 heteroatoms. The lowest BCUT2D eigenvalue weighted by molar-refractivity contribution is 0.931. The molecule has 21 heavy (non-hydrogen) atoms. The molecule has 2 aromatic rings. The van der Waals surface area contributed by atoms with Gasteiger partial charge in [0.15, 0.2) is 0 Å². The van der Waals surface area contributed by atoms with Gasteiger partial charge in [0, 0.05) is 0 Å². The summed E-state index contributed by atoms with van der Waals surface area (Å²) in [5, 5.41) is 7.17. The SMILES string of the molecule is Cc1cccc(CN=C2Nc3ccccc3NC23CC3)c1. The van der Waals surface area contributed by atoms with Crippen LogP contribution in [-0.4, -0.2) is 11.4 Å². The summed E-state index contributed by atoms with van der Waals surface area (Å²) >= 11 is 0. The zero-order valence-corrected chi connectivity index (χ0v) is 12.2. The molecule has 1 aliphatic carbocycles. The monoisotopic (exact) mass is 277 g/mol. The summed E-state index contributed by atoms with van der Waals surface area (Å²) in [6.07, 6.45) is 2.31. The minimum atomic E-state index is 0.0537. The number of hydrogen-bond donors (Lipinski definition) is 2. The predicted molar refractivity (Wildman–Crippen MR) is 88.0 cm³/mol. The molecule has 0 radical (unpaired) electrons. The third-order valence-electron chi connectivity index (χ3n) is 4.26. The van der Waals surface area contributed by atoms with E-state index < -0.39 is 0 Å². The number of benzene rings is 2. The van der Waals surface area contributed by atoms with Crippen LogP contribution >= 0.6 is 0 Å². The van der Waals surface area contributed by atoms with Crippen LogP contribution in [0.15, 0.2) is 53.5 Å². The number of anilines is 2. The first-order valence-electron chi connectivity index (χ1n) is 7.50. The number of rotatable bonds is 2. The smallest absolute Gasteiger partial charge is 0.127 e. The largest absolute Gasteiger partial charge is 0.371 e. The van der Waals surface area contributed by atoms with E-state index in [0.29, 0.717) is 0 Å². The fourth-order valence-corrected chi connectivity index (χ4v) is 2.92. The van der Waals surface area contributed by atoms with Crippen molar-refractivity contribution in [1.29, 1.82) is 0 Å². The fraction of sp³-hybridized carbons (Fsp3) is 0.278. The van der Waals surface area contributed by atoms with Crippen molar-refractivity contribution in [2.75, 3.05) is 10.6 Å². The topological polar surface area (TPSA) is 36.4 Å². The van der Waals surface area contributed by atoms with Crippen LogP contribution < -0.4 is 10.6 Å². The highest BCUT2D eigenvalue weighted by atomic mass is 15.2. The number of fused-ring (bicyclic) bond motifs is 1. The van der Waals surface area contributed by atoms with Crippen molar-refractivity contribution < 1.29 is 0 Å². The summed E-state index contributed by atoms with van der Waals surface area (Å²) in [6.45, 7) is 2.85. The Morgan fingerprint density at radius 1 is 1.05 bits per heavy atom. The van der Waals surface area contributed by atoms with Crippen LogP contribution in [0.4, 0.5) is 11.4 Å². The molecule has 0 saturated heterocycles. The third-order valence-corrected chi connectivity index (χ3v) is 4.26. The summed E-state index contributed by atoms with van der Waals surface area (Å²) in [5.74, 6) is 1.09. The lowest BCUT2D eigenvalue weighted by Gasteiger charge is -2.30. The van der Waals surface area contributed by atoms with Gasteiger partial charge < -0.3 is 10.6 Å². The van der Waals surface area contributed by atoms with E-state index in [2.05, 4.69) is 66.1 Å². The van der Waals surface area contributed by atoms with Crippen LogP contribution in [0.25, 0.3) is 0 Å². The van der Waals surface area contributed by atoms with Gasteiger partial charge >= 0.3 is 0 Å². The first-order valence-corrected chi connectivity index (χ1v) is 7.50. The maximum atomic E-state index is 4.85. The Balaban J connectivity index is 1.61. The van der Waals surface area contributed by atoms with Gasteiger partial charge in [0.25, 0.3) is 0 Å². The van der Waals surface area contributed by atoms with E-state index in [9.17, 15) is 0 Å². The number of nitrogens with one attached hydrogen (secondary N) is 2. The Bertz CT molecular complexity index is 714. The molecule has 0 unspecified atom stereocenters. The van der Waals surface area contributed by atoms with Gasteiger partial charge in [0.2, 0.25) is 0 Å². The molecule has 1 fully saturated rings. The molecule has 2 N–H and O–H groups in total. The van der Waals surface area contributed by atoms with Gasteiger partial charge in [0.1, 0.15) is 5.84 Å². The lowest BCUT2D eigenvalue weighted by atomic mass is 10.1. The molecular formula is C18H19N3. The van der Waals surface area contributed by atoms with E-state index in [4.69, 9.17) is 4.99 Å². The highest BCUT2D eigenvalue weighted by molar-refractivity contribution is 6.11. The molecule has 1 heterocycles. The second-order valence-corrected chi connectivity index (χ2v) is 6.03. The van der Waals surface area contributed by atoms with Crippen LogP contribution in [0.5, 0.6) is 0 Å².